The lowest BCUT2D eigenvalue weighted by Gasteiger charge is -2.21. The molecular formula is C21H19ClN2O3. The van der Waals surface area contributed by atoms with E-state index < -0.39 is 0 Å². The number of fused-ring (bicyclic) bond motifs is 1. The molecule has 1 heterocycles. The molecule has 1 fully saturated rings. The number of nitrogens with one attached hydrogen (secondary N) is 1. The Balaban J connectivity index is 1.56. The van der Waals surface area contributed by atoms with Crippen molar-refractivity contribution in [1.82, 2.24) is 10.2 Å². The molecule has 3 aromatic rings. The molecule has 1 aromatic heterocycles. The number of rotatable bonds is 5. The first-order valence-corrected chi connectivity index (χ1v) is 9.24. The summed E-state index contributed by atoms with van der Waals surface area (Å²) in [5.74, 6) is 0.0685. The first-order valence-electron chi connectivity index (χ1n) is 8.86. The van der Waals surface area contributed by atoms with Gasteiger partial charge in [-0.05, 0) is 54.8 Å². The lowest BCUT2D eigenvalue weighted by atomic mass is 10.1. The summed E-state index contributed by atoms with van der Waals surface area (Å²) in [5.41, 5.74) is 2.22. The van der Waals surface area contributed by atoms with Gasteiger partial charge in [0.05, 0.1) is 0 Å². The highest BCUT2D eigenvalue weighted by molar-refractivity contribution is 6.31. The highest BCUT2D eigenvalue weighted by Gasteiger charge is 2.34. The van der Waals surface area contributed by atoms with E-state index in [9.17, 15) is 9.59 Å². The number of halogens is 1. The van der Waals surface area contributed by atoms with Gasteiger partial charge in [0.15, 0.2) is 5.76 Å². The summed E-state index contributed by atoms with van der Waals surface area (Å²) in [5, 5.41) is 4.03. The molecule has 0 aliphatic heterocycles. The van der Waals surface area contributed by atoms with E-state index in [1.54, 1.807) is 43.4 Å². The fraction of sp³-hybridized carbons (Fsp3) is 0.238. The Kier molecular flexibility index (Phi) is 4.62. The zero-order valence-corrected chi connectivity index (χ0v) is 15.6. The van der Waals surface area contributed by atoms with Crippen molar-refractivity contribution in [2.45, 2.75) is 25.4 Å². The molecule has 2 amide bonds. The van der Waals surface area contributed by atoms with Crippen LogP contribution in [0.4, 0.5) is 0 Å². The molecule has 27 heavy (non-hydrogen) atoms. The number of carbonyl (C=O) groups excluding carboxylic acids is 2. The third-order valence-corrected chi connectivity index (χ3v) is 4.97. The zero-order valence-electron chi connectivity index (χ0n) is 14.9. The van der Waals surface area contributed by atoms with Crippen LogP contribution >= 0.6 is 11.6 Å². The average Bonchev–Trinajstić information content (AvgIpc) is 3.44. The number of amides is 2. The SMILES string of the molecule is CNC(=O)c1ccc(CN(C(=O)c2cc3cc(Cl)ccc3o2)C2CC2)cc1. The van der Waals surface area contributed by atoms with Crippen LogP contribution in [0.5, 0.6) is 0 Å². The number of hydrogen-bond donors (Lipinski definition) is 1. The van der Waals surface area contributed by atoms with Crippen molar-refractivity contribution < 1.29 is 14.0 Å². The van der Waals surface area contributed by atoms with Gasteiger partial charge in [-0.2, -0.15) is 0 Å². The van der Waals surface area contributed by atoms with Crippen molar-refractivity contribution in [2.75, 3.05) is 7.05 Å². The van der Waals surface area contributed by atoms with Crippen LogP contribution in [0.2, 0.25) is 5.02 Å². The minimum Gasteiger partial charge on any atom is -0.451 e. The fourth-order valence-electron chi connectivity index (χ4n) is 3.12. The standard InChI is InChI=1S/C21H19ClN2O3/c1-23-20(25)14-4-2-13(3-5-14)12-24(17-7-8-17)21(26)19-11-15-10-16(22)6-9-18(15)27-19/h2-6,9-11,17H,7-8,12H2,1H3,(H,23,25). The molecule has 1 N–H and O–H groups in total. The van der Waals surface area contributed by atoms with Crippen LogP contribution < -0.4 is 5.32 Å². The third kappa shape index (κ3) is 3.69. The number of nitrogens with zero attached hydrogens (tertiary/aromatic N) is 1. The maximum Gasteiger partial charge on any atom is 0.290 e. The third-order valence-electron chi connectivity index (χ3n) is 4.73. The maximum atomic E-state index is 13.0. The molecule has 0 bridgehead atoms. The van der Waals surface area contributed by atoms with Gasteiger partial charge >= 0.3 is 0 Å². The van der Waals surface area contributed by atoms with E-state index in [1.807, 2.05) is 17.0 Å². The number of furan rings is 1. The predicted molar refractivity (Wildman–Crippen MR) is 104 cm³/mol. The Morgan fingerprint density at radius 1 is 1.15 bits per heavy atom. The molecule has 1 saturated carbocycles. The second kappa shape index (κ2) is 7.08. The lowest BCUT2D eigenvalue weighted by molar-refractivity contribution is 0.0699. The molecular weight excluding hydrogens is 364 g/mol. The van der Waals surface area contributed by atoms with Gasteiger partial charge in [-0.3, -0.25) is 9.59 Å². The van der Waals surface area contributed by atoms with Gasteiger partial charge in [0.25, 0.3) is 11.8 Å². The number of benzene rings is 2. The van der Waals surface area contributed by atoms with Crippen molar-refractivity contribution in [3.8, 4) is 0 Å². The van der Waals surface area contributed by atoms with Gasteiger partial charge in [0, 0.05) is 35.6 Å². The Morgan fingerprint density at radius 2 is 1.89 bits per heavy atom. The van der Waals surface area contributed by atoms with Crippen LogP contribution in [-0.2, 0) is 6.54 Å². The Bertz CT molecular complexity index is 1010. The van der Waals surface area contributed by atoms with Crippen LogP contribution in [0.15, 0.2) is 52.9 Å². The highest BCUT2D eigenvalue weighted by atomic mass is 35.5. The van der Waals surface area contributed by atoms with Crippen molar-refractivity contribution >= 4 is 34.4 Å². The molecule has 0 radical (unpaired) electrons. The Labute approximate surface area is 161 Å². The quantitative estimate of drug-likeness (QED) is 0.717. The van der Waals surface area contributed by atoms with Gasteiger partial charge in [0.1, 0.15) is 5.58 Å². The molecule has 138 valence electrons. The largest absolute Gasteiger partial charge is 0.451 e. The fourth-order valence-corrected chi connectivity index (χ4v) is 3.30. The minimum atomic E-state index is -0.127. The summed E-state index contributed by atoms with van der Waals surface area (Å²) in [6, 6.07) is 14.6. The average molecular weight is 383 g/mol. The first kappa shape index (κ1) is 17.6. The minimum absolute atomic E-state index is 0.125. The molecule has 5 nitrogen and oxygen atoms in total. The van der Waals surface area contributed by atoms with E-state index in [0.717, 1.165) is 23.8 Å². The van der Waals surface area contributed by atoms with Crippen molar-refractivity contribution in [2.24, 2.45) is 0 Å². The topological polar surface area (TPSA) is 62.6 Å². The zero-order chi connectivity index (χ0) is 19.0. The van der Waals surface area contributed by atoms with E-state index >= 15 is 0 Å². The second-order valence-corrected chi connectivity index (χ2v) is 7.17. The van der Waals surface area contributed by atoms with E-state index in [0.29, 0.717) is 28.5 Å². The summed E-state index contributed by atoms with van der Waals surface area (Å²) in [6.07, 6.45) is 1.99. The van der Waals surface area contributed by atoms with Crippen molar-refractivity contribution in [1.29, 1.82) is 0 Å². The first-order chi connectivity index (χ1) is 13.0. The van der Waals surface area contributed by atoms with Gasteiger partial charge in [0.2, 0.25) is 0 Å². The van der Waals surface area contributed by atoms with Crippen LogP contribution in [0.1, 0.15) is 39.3 Å². The van der Waals surface area contributed by atoms with Crippen molar-refractivity contribution in [3.63, 3.8) is 0 Å². The monoisotopic (exact) mass is 382 g/mol. The summed E-state index contributed by atoms with van der Waals surface area (Å²) in [7, 11) is 1.60. The van der Waals surface area contributed by atoms with E-state index in [1.165, 1.54) is 0 Å². The predicted octanol–water partition coefficient (Wildman–Crippen LogP) is 4.25. The molecule has 0 spiro atoms. The Morgan fingerprint density at radius 3 is 2.56 bits per heavy atom. The van der Waals surface area contributed by atoms with E-state index in [4.69, 9.17) is 16.0 Å². The highest BCUT2D eigenvalue weighted by Crippen LogP contribution is 2.31. The summed E-state index contributed by atoms with van der Waals surface area (Å²) in [4.78, 5) is 26.6. The smallest absolute Gasteiger partial charge is 0.290 e. The normalized spacial score (nSPS) is 13.6. The summed E-state index contributed by atoms with van der Waals surface area (Å²) < 4.78 is 5.74. The summed E-state index contributed by atoms with van der Waals surface area (Å²) in [6.45, 7) is 0.481. The van der Waals surface area contributed by atoms with E-state index in [-0.39, 0.29) is 17.9 Å². The molecule has 0 unspecified atom stereocenters. The van der Waals surface area contributed by atoms with Crippen molar-refractivity contribution in [3.05, 3.63) is 70.4 Å². The molecule has 0 atom stereocenters. The Hall–Kier alpha value is -2.79. The molecule has 4 rings (SSSR count). The van der Waals surface area contributed by atoms with Gasteiger partial charge in [-0.15, -0.1) is 0 Å². The van der Waals surface area contributed by atoms with Crippen LogP contribution in [0.25, 0.3) is 11.0 Å². The van der Waals surface area contributed by atoms with Crippen LogP contribution in [-0.4, -0.2) is 29.8 Å². The molecule has 1 aliphatic rings. The molecule has 6 heteroatoms. The number of hydrogen-bond acceptors (Lipinski definition) is 3. The van der Waals surface area contributed by atoms with Crippen LogP contribution in [0, 0.1) is 0 Å². The molecule has 1 aliphatic carbocycles. The maximum absolute atomic E-state index is 13.0. The van der Waals surface area contributed by atoms with E-state index in [2.05, 4.69) is 5.32 Å². The van der Waals surface area contributed by atoms with Gasteiger partial charge in [-0.1, -0.05) is 23.7 Å². The van der Waals surface area contributed by atoms with Gasteiger partial charge in [-0.25, -0.2) is 0 Å². The molecule has 2 aromatic carbocycles. The van der Waals surface area contributed by atoms with Crippen LogP contribution in [0.3, 0.4) is 0 Å². The summed E-state index contributed by atoms with van der Waals surface area (Å²) >= 11 is 6.02. The number of carbonyl (C=O) groups is 2. The van der Waals surface area contributed by atoms with Gasteiger partial charge < -0.3 is 14.6 Å². The second-order valence-electron chi connectivity index (χ2n) is 6.73. The molecule has 0 saturated heterocycles. The lowest BCUT2D eigenvalue weighted by Crippen LogP contribution is -2.32.